The van der Waals surface area contributed by atoms with E-state index >= 15 is 0 Å². The molecule has 6 nitrogen and oxygen atoms in total. The van der Waals surface area contributed by atoms with Crippen molar-refractivity contribution in [3.8, 4) is 0 Å². The first kappa shape index (κ1) is 17.7. The van der Waals surface area contributed by atoms with Crippen LogP contribution in [-0.4, -0.2) is 47.3 Å². The Morgan fingerprint density at radius 2 is 1.88 bits per heavy atom. The molecule has 0 aliphatic carbocycles. The lowest BCUT2D eigenvalue weighted by atomic mass is 9.97. The molecule has 0 bridgehead atoms. The number of rotatable bonds is 2. The Balaban J connectivity index is 1.57. The van der Waals surface area contributed by atoms with Gasteiger partial charge in [-0.1, -0.05) is 30.3 Å². The first-order valence-electron chi connectivity index (χ1n) is 8.88. The minimum Gasteiger partial charge on any atom is -0.444 e. The van der Waals surface area contributed by atoms with Gasteiger partial charge in [-0.25, -0.2) is 4.79 Å². The van der Waals surface area contributed by atoms with E-state index in [2.05, 4.69) is 10.6 Å². The molecule has 2 saturated heterocycles. The molecule has 2 amide bonds. The lowest BCUT2D eigenvalue weighted by Gasteiger charge is -2.39. The van der Waals surface area contributed by atoms with Crippen molar-refractivity contribution in [2.75, 3.05) is 13.1 Å². The van der Waals surface area contributed by atoms with Crippen LogP contribution in [0.2, 0.25) is 0 Å². The third-order valence-corrected chi connectivity index (χ3v) is 4.68. The molecule has 6 heteroatoms. The molecule has 0 aromatic heterocycles. The van der Waals surface area contributed by atoms with Gasteiger partial charge < -0.3 is 15.0 Å². The smallest absolute Gasteiger partial charge is 0.410 e. The van der Waals surface area contributed by atoms with Crippen molar-refractivity contribution < 1.29 is 14.3 Å². The molecule has 2 heterocycles. The van der Waals surface area contributed by atoms with Crippen LogP contribution in [0.15, 0.2) is 30.3 Å². The summed E-state index contributed by atoms with van der Waals surface area (Å²) in [4.78, 5) is 26.3. The zero-order valence-corrected chi connectivity index (χ0v) is 15.2. The van der Waals surface area contributed by atoms with Gasteiger partial charge in [-0.2, -0.15) is 0 Å². The van der Waals surface area contributed by atoms with Crippen molar-refractivity contribution in [1.29, 1.82) is 0 Å². The highest BCUT2D eigenvalue weighted by Crippen LogP contribution is 2.26. The molecular weight excluding hydrogens is 318 g/mol. The predicted octanol–water partition coefficient (Wildman–Crippen LogP) is 2.04. The lowest BCUT2D eigenvalue weighted by molar-refractivity contribution is -0.121. The van der Waals surface area contributed by atoms with Crippen LogP contribution < -0.4 is 10.6 Å². The van der Waals surface area contributed by atoms with Gasteiger partial charge in [0.15, 0.2) is 0 Å². The van der Waals surface area contributed by atoms with E-state index in [1.54, 1.807) is 4.90 Å². The van der Waals surface area contributed by atoms with Crippen LogP contribution in [0.5, 0.6) is 0 Å². The number of hydrogen-bond donors (Lipinski definition) is 2. The standard InChI is InChI=1S/C19H27N3O3/c1-18(2,3)25-17(24)22-11-9-19(10-12-22)20-15(16(23)21-19)13-14-7-5-4-6-8-14/h4-8,15,20H,9-13H2,1-3H3,(H,21,23)/t15-/m0/s1. The molecule has 2 N–H and O–H groups in total. The van der Waals surface area contributed by atoms with E-state index in [0.29, 0.717) is 32.4 Å². The van der Waals surface area contributed by atoms with Crippen molar-refractivity contribution >= 4 is 12.0 Å². The topological polar surface area (TPSA) is 70.7 Å². The Labute approximate surface area is 148 Å². The molecule has 1 aromatic carbocycles. The average Bonchev–Trinajstić information content (AvgIpc) is 2.82. The molecule has 3 rings (SSSR count). The normalized spacial score (nSPS) is 22.8. The molecule has 1 aromatic rings. The Kier molecular flexibility index (Phi) is 4.73. The fraction of sp³-hybridized carbons (Fsp3) is 0.579. The van der Waals surface area contributed by atoms with Crippen molar-refractivity contribution in [2.24, 2.45) is 0 Å². The van der Waals surface area contributed by atoms with E-state index in [-0.39, 0.29) is 18.0 Å². The van der Waals surface area contributed by atoms with Crippen molar-refractivity contribution in [2.45, 2.75) is 57.3 Å². The van der Waals surface area contributed by atoms with Crippen LogP contribution in [0.4, 0.5) is 4.79 Å². The molecule has 136 valence electrons. The summed E-state index contributed by atoms with van der Waals surface area (Å²) in [5, 5.41) is 6.59. The summed E-state index contributed by atoms with van der Waals surface area (Å²) < 4.78 is 5.43. The SMILES string of the molecule is CC(C)(C)OC(=O)N1CCC2(CC1)NC(=O)[C@H](Cc1ccccc1)N2. The third kappa shape index (κ3) is 4.31. The maximum Gasteiger partial charge on any atom is 0.410 e. The number of carbonyl (C=O) groups is 2. The molecule has 0 saturated carbocycles. The number of likely N-dealkylation sites (tertiary alicyclic amines) is 1. The number of piperidine rings is 1. The summed E-state index contributed by atoms with van der Waals surface area (Å²) in [6.07, 6.45) is 1.75. The highest BCUT2D eigenvalue weighted by molar-refractivity contribution is 5.85. The van der Waals surface area contributed by atoms with Gasteiger partial charge in [-0.15, -0.1) is 0 Å². The average molecular weight is 345 g/mol. The zero-order chi connectivity index (χ0) is 18.1. The Bertz CT molecular complexity index is 631. The highest BCUT2D eigenvalue weighted by atomic mass is 16.6. The number of hydrogen-bond acceptors (Lipinski definition) is 4. The van der Waals surface area contributed by atoms with E-state index in [4.69, 9.17) is 4.74 Å². The second kappa shape index (κ2) is 6.67. The van der Waals surface area contributed by atoms with Crippen LogP contribution in [0.1, 0.15) is 39.2 Å². The first-order chi connectivity index (χ1) is 11.8. The summed E-state index contributed by atoms with van der Waals surface area (Å²) in [6, 6.07) is 9.78. The van der Waals surface area contributed by atoms with E-state index < -0.39 is 11.3 Å². The van der Waals surface area contributed by atoms with Gasteiger partial charge in [-0.3, -0.25) is 10.1 Å². The second-order valence-corrected chi connectivity index (χ2v) is 7.93. The molecule has 1 atom stereocenters. The predicted molar refractivity (Wildman–Crippen MR) is 95.0 cm³/mol. The molecule has 25 heavy (non-hydrogen) atoms. The maximum absolute atomic E-state index is 12.4. The van der Waals surface area contributed by atoms with Gasteiger partial charge in [0.05, 0.1) is 11.7 Å². The quantitative estimate of drug-likeness (QED) is 0.861. The Morgan fingerprint density at radius 1 is 1.24 bits per heavy atom. The minimum atomic E-state index is -0.493. The Morgan fingerprint density at radius 3 is 2.48 bits per heavy atom. The zero-order valence-electron chi connectivity index (χ0n) is 15.2. The Hall–Kier alpha value is -2.08. The molecule has 0 radical (unpaired) electrons. The lowest BCUT2D eigenvalue weighted by Crippen LogP contribution is -2.58. The largest absolute Gasteiger partial charge is 0.444 e. The second-order valence-electron chi connectivity index (χ2n) is 7.93. The van der Waals surface area contributed by atoms with Gasteiger partial charge in [0.25, 0.3) is 0 Å². The molecule has 2 fully saturated rings. The van der Waals surface area contributed by atoms with E-state index in [0.717, 1.165) is 5.56 Å². The molecule has 0 unspecified atom stereocenters. The molecular formula is C19H27N3O3. The summed E-state index contributed by atoms with van der Waals surface area (Å²) in [5.41, 5.74) is 0.236. The van der Waals surface area contributed by atoms with Gasteiger partial charge in [0, 0.05) is 25.9 Å². The number of carbonyl (C=O) groups excluding carboxylic acids is 2. The summed E-state index contributed by atoms with van der Waals surface area (Å²) >= 11 is 0. The van der Waals surface area contributed by atoms with E-state index in [1.165, 1.54) is 0 Å². The van der Waals surface area contributed by atoms with Crippen LogP contribution in [0.25, 0.3) is 0 Å². The van der Waals surface area contributed by atoms with Crippen LogP contribution in [-0.2, 0) is 16.0 Å². The van der Waals surface area contributed by atoms with Crippen LogP contribution >= 0.6 is 0 Å². The van der Waals surface area contributed by atoms with Crippen LogP contribution in [0, 0.1) is 0 Å². The summed E-state index contributed by atoms with van der Waals surface area (Å²) in [7, 11) is 0. The number of nitrogens with zero attached hydrogens (tertiary/aromatic N) is 1. The summed E-state index contributed by atoms with van der Waals surface area (Å²) in [5.74, 6) is 0.0366. The molecule has 2 aliphatic rings. The van der Waals surface area contributed by atoms with Crippen molar-refractivity contribution in [3.05, 3.63) is 35.9 Å². The van der Waals surface area contributed by atoms with Gasteiger partial charge >= 0.3 is 6.09 Å². The third-order valence-electron chi connectivity index (χ3n) is 4.68. The van der Waals surface area contributed by atoms with Crippen LogP contribution in [0.3, 0.4) is 0 Å². The number of amides is 2. The van der Waals surface area contributed by atoms with Gasteiger partial charge in [-0.05, 0) is 32.8 Å². The van der Waals surface area contributed by atoms with Gasteiger partial charge in [0.1, 0.15) is 5.60 Å². The van der Waals surface area contributed by atoms with E-state index in [9.17, 15) is 9.59 Å². The highest BCUT2D eigenvalue weighted by Gasteiger charge is 2.46. The van der Waals surface area contributed by atoms with Crippen molar-refractivity contribution in [1.82, 2.24) is 15.5 Å². The number of ether oxygens (including phenoxy) is 1. The molecule has 1 spiro atoms. The molecule has 2 aliphatic heterocycles. The maximum atomic E-state index is 12.4. The number of nitrogens with one attached hydrogen (secondary N) is 2. The van der Waals surface area contributed by atoms with E-state index in [1.807, 2.05) is 51.1 Å². The monoisotopic (exact) mass is 345 g/mol. The summed E-state index contributed by atoms with van der Waals surface area (Å²) in [6.45, 7) is 6.73. The first-order valence-corrected chi connectivity index (χ1v) is 8.88. The fourth-order valence-corrected chi connectivity index (χ4v) is 3.42. The minimum absolute atomic E-state index is 0.0366. The van der Waals surface area contributed by atoms with Crippen molar-refractivity contribution in [3.63, 3.8) is 0 Å². The van der Waals surface area contributed by atoms with Gasteiger partial charge in [0.2, 0.25) is 5.91 Å². The fourth-order valence-electron chi connectivity index (χ4n) is 3.42. The number of benzene rings is 1.